The number of allylic oxidation sites excluding steroid dienone is 20. The second-order valence-electron chi connectivity index (χ2n) is 49.5. The van der Waals surface area contributed by atoms with Crippen molar-refractivity contribution in [3.8, 4) is 0 Å². The highest BCUT2D eigenvalue weighted by atomic mass is 16.6. The number of aliphatic hydroxyl groups is 8. The van der Waals surface area contributed by atoms with Crippen LogP contribution in [-0.4, -0.2) is 139 Å². The van der Waals surface area contributed by atoms with E-state index in [4.69, 9.17) is 19.4 Å². The highest BCUT2D eigenvalue weighted by Crippen LogP contribution is 2.62. The molecule has 0 unspecified atom stereocenters. The molecule has 0 aliphatic heterocycles. The normalized spacial score (nSPS) is 32.8. The summed E-state index contributed by atoms with van der Waals surface area (Å²) in [4.78, 5) is 21.6. The molecule has 0 amide bonds. The Morgan fingerprint density at radius 2 is 0.549 bits per heavy atom. The van der Waals surface area contributed by atoms with Gasteiger partial charge in [-0.3, -0.25) is 0 Å². The van der Waals surface area contributed by atoms with Crippen LogP contribution in [0.1, 0.15) is 383 Å². The lowest BCUT2D eigenvalue weighted by Crippen LogP contribution is -2.32. The minimum atomic E-state index is -0.631. The number of nitrogens with zero attached hydrogens (tertiary/aromatic N) is 4. The van der Waals surface area contributed by atoms with Gasteiger partial charge in [-0.25, -0.2) is 0 Å². The smallest absolute Gasteiger partial charge is 0.135 e. The van der Waals surface area contributed by atoms with Gasteiger partial charge in [-0.2, -0.15) is 0 Å². The van der Waals surface area contributed by atoms with E-state index in [1.165, 1.54) is 86.5 Å². The minimum absolute atomic E-state index is 0.00140. The molecule has 12 rings (SSSR count). The second-order valence-corrected chi connectivity index (χ2v) is 49.5. The molecule has 20 atom stereocenters. The molecule has 12 aliphatic carbocycles. The first kappa shape index (κ1) is 118. The zero-order valence-corrected chi connectivity index (χ0v) is 92.8. The lowest BCUT2D eigenvalue weighted by molar-refractivity contribution is 0.0856. The molecule has 142 heavy (non-hydrogen) atoms. The highest BCUT2D eigenvalue weighted by Gasteiger charge is 2.51. The Balaban J connectivity index is 0.000000211. The van der Waals surface area contributed by atoms with Crippen LogP contribution in [0.4, 0.5) is 0 Å². The maximum Gasteiger partial charge on any atom is 0.135 e. The van der Waals surface area contributed by atoms with Crippen molar-refractivity contribution in [2.24, 2.45) is 111 Å². The molecule has 0 saturated heterocycles. The van der Waals surface area contributed by atoms with E-state index in [0.717, 1.165) is 183 Å². The van der Waals surface area contributed by atoms with Crippen molar-refractivity contribution in [2.75, 3.05) is 26.4 Å². The van der Waals surface area contributed by atoms with Crippen LogP contribution in [0.15, 0.2) is 234 Å². The first-order valence-corrected chi connectivity index (χ1v) is 55.5. The van der Waals surface area contributed by atoms with Crippen LogP contribution in [0, 0.1) is 90.7 Å². The summed E-state index contributed by atoms with van der Waals surface area (Å²) in [7, 11) is 0. The van der Waals surface area contributed by atoms with E-state index in [1.54, 1.807) is 34.4 Å². The second kappa shape index (κ2) is 53.2. The van der Waals surface area contributed by atoms with Gasteiger partial charge in [0.25, 0.3) is 0 Å². The fraction of sp³-hybridized carbons (Fsp3) is 0.683. The van der Waals surface area contributed by atoms with Crippen molar-refractivity contribution < 1.29 is 60.2 Å². The Bertz CT molecular complexity index is 4530. The largest absolute Gasteiger partial charge is 0.396 e. The number of fused-ring (bicyclic) bond motifs is 4. The first-order chi connectivity index (χ1) is 66.9. The molecule has 0 aromatic carbocycles. The van der Waals surface area contributed by atoms with Gasteiger partial charge in [-0.15, -0.1) is 0 Å². The van der Waals surface area contributed by atoms with Gasteiger partial charge in [0.15, 0.2) is 0 Å². The van der Waals surface area contributed by atoms with Crippen molar-refractivity contribution in [3.63, 3.8) is 0 Å². The average Bonchev–Trinajstić information content (AvgIpc) is 1.62. The molecule has 0 aromatic rings. The summed E-state index contributed by atoms with van der Waals surface area (Å²) >= 11 is 0. The third-order valence-electron chi connectivity index (χ3n) is 34.6. The van der Waals surface area contributed by atoms with Gasteiger partial charge < -0.3 is 60.2 Å². The molecule has 792 valence electrons. The zero-order chi connectivity index (χ0) is 105. The SMILES string of the molecule is C=C1/C(=C\C=C2/CCC[C@]3(C)C([C@H](C)CCC/C(=N\OCC)C(C)(C)C)=CC[C@@H]23)C[C@@H](O)C[C@@H]1O.C=C1/C(=C\C=C2/CCC[C@]3(C)C([C@H](C)CCC/C(=N\OCC)C(C)(C)C)=CC[C@@H]23)C[C@H](O)C[C@H]1O.C=CCON=C(CCC[C@@H](C)C1=CC[C@H]2/C(=C/C=C3/C[C@@H](O)C[C@H](O)C3=C)CCC[C@]12C)C(C)(C)C.C=CCON=C(CCC[C@@H](C)C1=CC[C@H]2/C(=C/C=C3/C[C@H](O)C[C@@H](O)C3=C)CCC[C@]12C)C(C)(C)C. The average molecular weight is 1960 g/mol. The van der Waals surface area contributed by atoms with E-state index in [9.17, 15) is 40.9 Å². The number of rotatable bonds is 34. The molecule has 8 N–H and O–H groups in total. The van der Waals surface area contributed by atoms with Crippen LogP contribution in [0.2, 0.25) is 0 Å². The summed E-state index contributed by atoms with van der Waals surface area (Å²) in [5, 5.41) is 98.9. The standard InChI is InChI=1S/2C32H49NO3.2C31H49NO3/c2*1-8-19-36-33-30(31(4,5)6)13-9-11-22(2)27-16-17-28-24(12-10-18-32(27,28)7)14-15-25-20-26(34)21-29(35)23(25)3;2*1-8-35-32-29(30(4,5)6)13-9-11-21(2)26-16-17-27-23(12-10-18-31(26,27)7)14-15-24-19-25(33)20-28(34)22(24)3/h2*8,14-16,22,26,28-29,34-35H,1,3,9-13,17-21H2,2,4-7H3;2*14-16,21,25,27-28,33-34H,3,8-13,17-20H2,1-2,4-7H3/b2*24-14+,25-15-,33-30?;2*23-14+,24-15-,32-29+/t22-,26+,28+,29-,32-;22-,26-,28+,29+,32-;21-,25+,27+,28-,31-;21-,25-,27+,28+,31-/m1111/s1. The summed E-state index contributed by atoms with van der Waals surface area (Å²) in [6.45, 7) is 75.9. The number of hydrogen-bond acceptors (Lipinski definition) is 16. The van der Waals surface area contributed by atoms with Gasteiger partial charge in [0.05, 0.1) is 71.7 Å². The van der Waals surface area contributed by atoms with Crippen molar-refractivity contribution in [1.29, 1.82) is 0 Å². The van der Waals surface area contributed by atoms with Crippen molar-refractivity contribution >= 4 is 22.8 Å². The molecule has 12 aliphatic rings. The lowest BCUT2D eigenvalue weighted by Gasteiger charge is -2.42. The third-order valence-corrected chi connectivity index (χ3v) is 34.6. The van der Waals surface area contributed by atoms with Gasteiger partial charge >= 0.3 is 0 Å². The predicted octanol–water partition coefficient (Wildman–Crippen LogP) is 29.5. The van der Waals surface area contributed by atoms with Crippen LogP contribution < -0.4 is 0 Å². The molecule has 8 saturated carbocycles. The topological polar surface area (TPSA) is 248 Å². The van der Waals surface area contributed by atoms with Gasteiger partial charge in [-0.05, 0) is 333 Å². The van der Waals surface area contributed by atoms with Crippen molar-refractivity contribution in [1.82, 2.24) is 0 Å². The Kier molecular flexibility index (Phi) is 44.3. The quantitative estimate of drug-likeness (QED) is 0.0130. The Morgan fingerprint density at radius 3 is 0.739 bits per heavy atom. The van der Waals surface area contributed by atoms with E-state index in [-0.39, 0.29) is 43.3 Å². The van der Waals surface area contributed by atoms with E-state index >= 15 is 0 Å². The molecular formula is C126H196N4O12. The molecule has 0 radical (unpaired) electrons. The van der Waals surface area contributed by atoms with Gasteiger partial charge in [0.1, 0.15) is 26.4 Å². The van der Waals surface area contributed by atoms with Gasteiger partial charge in [0, 0.05) is 47.3 Å². The lowest BCUT2D eigenvalue weighted by atomic mass is 9.62. The highest BCUT2D eigenvalue weighted by molar-refractivity contribution is 5.90. The molecular weight excluding hydrogens is 1760 g/mol. The molecule has 0 spiro atoms. The van der Waals surface area contributed by atoms with Crippen LogP contribution in [0.25, 0.3) is 0 Å². The van der Waals surface area contributed by atoms with Gasteiger partial charge in [-0.1, -0.05) is 328 Å². The molecule has 0 heterocycles. The number of hydrogen-bond donors (Lipinski definition) is 8. The molecule has 0 bridgehead atoms. The van der Waals surface area contributed by atoms with E-state index in [0.29, 0.717) is 125 Å². The summed E-state index contributed by atoms with van der Waals surface area (Å²) in [6, 6.07) is 0. The van der Waals surface area contributed by atoms with E-state index in [1.807, 2.05) is 13.8 Å². The molecule has 16 heteroatoms. The van der Waals surface area contributed by atoms with E-state index in [2.05, 4.69) is 271 Å². The number of oxime groups is 4. The maximum absolute atomic E-state index is 10.2. The van der Waals surface area contributed by atoms with E-state index < -0.39 is 48.8 Å². The summed E-state index contributed by atoms with van der Waals surface area (Å²) in [5.74, 6) is 4.45. The monoisotopic (exact) mass is 1960 g/mol. The molecule has 16 nitrogen and oxygen atoms in total. The van der Waals surface area contributed by atoms with Crippen molar-refractivity contribution in [2.45, 2.75) is 432 Å². The summed E-state index contributed by atoms with van der Waals surface area (Å²) in [6.07, 6.45) is 62.6. The molecule has 8 fully saturated rings. The fourth-order valence-electron chi connectivity index (χ4n) is 26.1. The zero-order valence-electron chi connectivity index (χ0n) is 92.8. The fourth-order valence-corrected chi connectivity index (χ4v) is 26.1. The van der Waals surface area contributed by atoms with Gasteiger partial charge in [0.2, 0.25) is 0 Å². The summed E-state index contributed by atoms with van der Waals surface area (Å²) in [5.41, 5.74) is 25.2. The Morgan fingerprint density at radius 1 is 0.345 bits per heavy atom. The number of aliphatic hydroxyl groups excluding tert-OH is 8. The Labute approximate surface area is 861 Å². The van der Waals surface area contributed by atoms with Crippen LogP contribution in [0.3, 0.4) is 0 Å². The maximum atomic E-state index is 10.2. The van der Waals surface area contributed by atoms with Crippen LogP contribution in [-0.2, 0) is 19.4 Å². The minimum Gasteiger partial charge on any atom is -0.396 e. The van der Waals surface area contributed by atoms with Crippen LogP contribution >= 0.6 is 0 Å². The van der Waals surface area contributed by atoms with Crippen LogP contribution in [0.5, 0.6) is 0 Å². The summed E-state index contributed by atoms with van der Waals surface area (Å²) < 4.78 is 0. The predicted molar refractivity (Wildman–Crippen MR) is 594 cm³/mol. The third kappa shape index (κ3) is 31.5. The van der Waals surface area contributed by atoms with Crippen molar-refractivity contribution in [3.05, 3.63) is 214 Å². The molecule has 0 aromatic heterocycles. The Hall–Kier alpha value is -7.12. The first-order valence-electron chi connectivity index (χ1n) is 55.5.